The predicted octanol–water partition coefficient (Wildman–Crippen LogP) is 2.79. The molecule has 1 aliphatic carbocycles. The van der Waals surface area contributed by atoms with Crippen LogP contribution in [0.1, 0.15) is 53.4 Å². The first-order valence-electron chi connectivity index (χ1n) is 8.69. The molecule has 22 heavy (non-hydrogen) atoms. The van der Waals surface area contributed by atoms with Crippen molar-refractivity contribution in [3.05, 3.63) is 0 Å². The highest BCUT2D eigenvalue weighted by atomic mass is 16.5. The topological polar surface area (TPSA) is 50.8 Å². The highest BCUT2D eigenvalue weighted by Crippen LogP contribution is 2.26. The van der Waals surface area contributed by atoms with Crippen LogP contribution in [-0.4, -0.2) is 55.0 Å². The monoisotopic (exact) mass is 312 g/mol. The number of nitrogens with zero attached hydrogens (tertiary/aromatic N) is 1. The Morgan fingerprint density at radius 3 is 2.73 bits per heavy atom. The molecule has 0 radical (unpaired) electrons. The smallest absolute Gasteiger partial charge is 0.317 e. The molecule has 1 aliphatic heterocycles. The lowest BCUT2D eigenvalue weighted by molar-refractivity contribution is -0.117. The second-order valence-electron chi connectivity index (χ2n) is 7.47. The minimum absolute atomic E-state index is 0.0106. The maximum absolute atomic E-state index is 12.3. The largest absolute Gasteiger partial charge is 0.376 e. The lowest BCUT2D eigenvalue weighted by Crippen LogP contribution is -2.56. The molecular weight excluding hydrogens is 280 g/mol. The average Bonchev–Trinajstić information content (AvgIpc) is 2.43. The minimum atomic E-state index is -0.275. The van der Waals surface area contributed by atoms with Gasteiger partial charge in [-0.3, -0.25) is 0 Å². The van der Waals surface area contributed by atoms with Crippen molar-refractivity contribution < 1.29 is 14.3 Å². The van der Waals surface area contributed by atoms with Gasteiger partial charge in [0.15, 0.2) is 0 Å². The van der Waals surface area contributed by atoms with Gasteiger partial charge in [-0.15, -0.1) is 0 Å². The van der Waals surface area contributed by atoms with E-state index in [0.29, 0.717) is 38.3 Å². The van der Waals surface area contributed by atoms with Crippen molar-refractivity contribution >= 4 is 6.03 Å². The van der Waals surface area contributed by atoms with Crippen LogP contribution in [0.15, 0.2) is 0 Å². The average molecular weight is 312 g/mol. The fraction of sp³-hybridized carbons (Fsp3) is 0.941. The molecule has 128 valence electrons. The van der Waals surface area contributed by atoms with Gasteiger partial charge in [0.1, 0.15) is 0 Å². The molecule has 0 bridgehead atoms. The van der Waals surface area contributed by atoms with Crippen molar-refractivity contribution in [3.8, 4) is 0 Å². The first kappa shape index (κ1) is 17.5. The lowest BCUT2D eigenvalue weighted by atomic mass is 9.88. The Morgan fingerprint density at radius 2 is 2.05 bits per heavy atom. The number of morpholine rings is 1. The molecule has 2 aliphatic rings. The first-order chi connectivity index (χ1) is 10.4. The SMILES string of the molecule is C[C@@H]1CN(C(=O)NCCO[C@H]2CCCC[C@H]2C)CC(C)(C)O1. The Balaban J connectivity index is 1.67. The van der Waals surface area contributed by atoms with Crippen molar-refractivity contribution in [2.24, 2.45) is 5.92 Å². The summed E-state index contributed by atoms with van der Waals surface area (Å²) in [6.07, 6.45) is 5.45. The summed E-state index contributed by atoms with van der Waals surface area (Å²) in [5.74, 6) is 0.644. The Bertz CT molecular complexity index is 373. The third kappa shape index (κ3) is 5.13. The molecule has 2 amide bonds. The lowest BCUT2D eigenvalue weighted by Gasteiger charge is -2.41. The van der Waals surface area contributed by atoms with Gasteiger partial charge in [0, 0.05) is 13.1 Å². The van der Waals surface area contributed by atoms with Gasteiger partial charge in [0.2, 0.25) is 0 Å². The molecule has 1 N–H and O–H groups in total. The summed E-state index contributed by atoms with van der Waals surface area (Å²) >= 11 is 0. The summed E-state index contributed by atoms with van der Waals surface area (Å²) in [6.45, 7) is 10.8. The van der Waals surface area contributed by atoms with Gasteiger partial charge in [-0.2, -0.15) is 0 Å². The molecule has 2 fully saturated rings. The van der Waals surface area contributed by atoms with Gasteiger partial charge in [0.05, 0.1) is 31.0 Å². The molecule has 3 atom stereocenters. The van der Waals surface area contributed by atoms with Gasteiger partial charge >= 0.3 is 6.03 Å². The number of hydrogen-bond acceptors (Lipinski definition) is 3. The molecule has 1 heterocycles. The van der Waals surface area contributed by atoms with Crippen molar-refractivity contribution in [1.29, 1.82) is 0 Å². The van der Waals surface area contributed by atoms with E-state index in [-0.39, 0.29) is 17.7 Å². The Hall–Kier alpha value is -0.810. The van der Waals surface area contributed by atoms with Crippen LogP contribution in [-0.2, 0) is 9.47 Å². The summed E-state index contributed by atoms with van der Waals surface area (Å²) < 4.78 is 11.8. The van der Waals surface area contributed by atoms with Crippen molar-refractivity contribution in [2.45, 2.75) is 71.2 Å². The molecule has 5 heteroatoms. The van der Waals surface area contributed by atoms with E-state index in [9.17, 15) is 4.79 Å². The number of hydrogen-bond donors (Lipinski definition) is 1. The van der Waals surface area contributed by atoms with E-state index in [1.807, 2.05) is 25.7 Å². The molecule has 0 aromatic rings. The highest BCUT2D eigenvalue weighted by Gasteiger charge is 2.33. The zero-order valence-electron chi connectivity index (χ0n) is 14.6. The van der Waals surface area contributed by atoms with Crippen LogP contribution in [0, 0.1) is 5.92 Å². The maximum Gasteiger partial charge on any atom is 0.317 e. The number of rotatable bonds is 4. The third-order valence-corrected chi connectivity index (χ3v) is 4.60. The highest BCUT2D eigenvalue weighted by molar-refractivity contribution is 5.74. The van der Waals surface area contributed by atoms with Crippen LogP contribution in [0.2, 0.25) is 0 Å². The van der Waals surface area contributed by atoms with Crippen LogP contribution < -0.4 is 5.32 Å². The summed E-state index contributed by atoms with van der Waals surface area (Å²) in [4.78, 5) is 14.1. The Morgan fingerprint density at radius 1 is 1.32 bits per heavy atom. The standard InChI is InChI=1S/C17H32N2O3/c1-13-7-5-6-8-15(13)21-10-9-18-16(20)19-11-14(2)22-17(3,4)12-19/h13-15H,5-12H2,1-4H3,(H,18,20)/t13-,14-,15+/m1/s1. The molecular formula is C17H32N2O3. The first-order valence-corrected chi connectivity index (χ1v) is 8.69. The normalized spacial score (nSPS) is 31.8. The van der Waals surface area contributed by atoms with Crippen molar-refractivity contribution in [2.75, 3.05) is 26.2 Å². The number of carbonyl (C=O) groups is 1. The van der Waals surface area contributed by atoms with Crippen molar-refractivity contribution in [3.63, 3.8) is 0 Å². The molecule has 1 saturated heterocycles. The van der Waals surface area contributed by atoms with E-state index in [2.05, 4.69) is 12.2 Å². The van der Waals surface area contributed by atoms with Gasteiger partial charge in [-0.05, 0) is 39.5 Å². The van der Waals surface area contributed by atoms with E-state index in [1.165, 1.54) is 19.3 Å². The number of urea groups is 1. The van der Waals surface area contributed by atoms with Gasteiger partial charge in [0.25, 0.3) is 0 Å². The molecule has 5 nitrogen and oxygen atoms in total. The number of amides is 2. The zero-order valence-corrected chi connectivity index (χ0v) is 14.6. The van der Waals surface area contributed by atoms with Crippen LogP contribution in [0.3, 0.4) is 0 Å². The van der Waals surface area contributed by atoms with E-state index >= 15 is 0 Å². The second kappa shape index (κ2) is 7.64. The molecule has 0 aromatic carbocycles. The molecule has 0 unspecified atom stereocenters. The van der Waals surface area contributed by atoms with Crippen LogP contribution in [0.4, 0.5) is 4.79 Å². The van der Waals surface area contributed by atoms with Crippen LogP contribution in [0.25, 0.3) is 0 Å². The minimum Gasteiger partial charge on any atom is -0.376 e. The molecule has 0 spiro atoms. The molecule has 0 aromatic heterocycles. The fourth-order valence-electron chi connectivity index (χ4n) is 3.62. The Kier molecular flexibility index (Phi) is 6.09. The van der Waals surface area contributed by atoms with Gasteiger partial charge in [-0.25, -0.2) is 4.79 Å². The van der Waals surface area contributed by atoms with E-state index < -0.39 is 0 Å². The van der Waals surface area contributed by atoms with Crippen LogP contribution in [0.5, 0.6) is 0 Å². The number of nitrogens with one attached hydrogen (secondary N) is 1. The predicted molar refractivity (Wildman–Crippen MR) is 87.0 cm³/mol. The van der Waals surface area contributed by atoms with Gasteiger partial charge in [-0.1, -0.05) is 19.8 Å². The summed E-state index contributed by atoms with van der Waals surface area (Å²) in [6, 6.07) is -0.0106. The number of ether oxygens (including phenoxy) is 2. The summed E-state index contributed by atoms with van der Waals surface area (Å²) in [5, 5.41) is 2.97. The number of carbonyl (C=O) groups excluding carboxylic acids is 1. The quantitative estimate of drug-likeness (QED) is 0.812. The van der Waals surface area contributed by atoms with Crippen molar-refractivity contribution in [1.82, 2.24) is 10.2 Å². The fourth-order valence-corrected chi connectivity index (χ4v) is 3.62. The Labute approximate surface area is 134 Å². The van der Waals surface area contributed by atoms with E-state index in [0.717, 1.165) is 6.42 Å². The van der Waals surface area contributed by atoms with E-state index in [4.69, 9.17) is 9.47 Å². The second-order valence-corrected chi connectivity index (χ2v) is 7.47. The van der Waals surface area contributed by atoms with Gasteiger partial charge < -0.3 is 19.7 Å². The van der Waals surface area contributed by atoms with Crippen LogP contribution >= 0.6 is 0 Å². The van der Waals surface area contributed by atoms with E-state index in [1.54, 1.807) is 0 Å². The molecule has 2 rings (SSSR count). The zero-order chi connectivity index (χ0) is 16.2. The third-order valence-electron chi connectivity index (χ3n) is 4.60. The summed E-state index contributed by atoms with van der Waals surface area (Å²) in [5.41, 5.74) is -0.275. The maximum atomic E-state index is 12.3. The summed E-state index contributed by atoms with van der Waals surface area (Å²) in [7, 11) is 0. The molecule has 1 saturated carbocycles.